The van der Waals surface area contributed by atoms with Gasteiger partial charge in [0.1, 0.15) is 0 Å². The van der Waals surface area contributed by atoms with Gasteiger partial charge in [-0.1, -0.05) is 6.42 Å². The monoisotopic (exact) mass is 264 g/mol. The number of aliphatic carboxylic acids is 1. The smallest absolute Gasteiger partial charge is 0.304 e. The van der Waals surface area contributed by atoms with Crippen molar-refractivity contribution in [1.82, 2.24) is 4.31 Å². The summed E-state index contributed by atoms with van der Waals surface area (Å²) >= 11 is 0. The van der Waals surface area contributed by atoms with Gasteiger partial charge in [-0.15, -0.1) is 0 Å². The number of hydrogen-bond acceptors (Lipinski definition) is 4. The molecule has 6 nitrogen and oxygen atoms in total. The van der Waals surface area contributed by atoms with Crippen LogP contribution in [0.15, 0.2) is 0 Å². The van der Waals surface area contributed by atoms with Crippen LogP contribution in [0, 0.1) is 0 Å². The lowest BCUT2D eigenvalue weighted by molar-refractivity contribution is -0.136. The molecule has 3 N–H and O–H groups in total. The van der Waals surface area contributed by atoms with Crippen LogP contribution in [0.25, 0.3) is 0 Å². The summed E-state index contributed by atoms with van der Waals surface area (Å²) in [5.41, 5.74) is 5.79. The Balaban J connectivity index is 2.76. The third-order valence-corrected chi connectivity index (χ3v) is 4.92. The molecule has 0 aromatic carbocycles. The summed E-state index contributed by atoms with van der Waals surface area (Å²) in [6.45, 7) is 2.24. The number of carboxylic acids is 1. The molecule has 7 heteroatoms. The maximum Gasteiger partial charge on any atom is 0.304 e. The zero-order valence-electron chi connectivity index (χ0n) is 10.0. The van der Waals surface area contributed by atoms with Crippen LogP contribution in [0.2, 0.25) is 0 Å². The predicted molar refractivity (Wildman–Crippen MR) is 64.0 cm³/mol. The molecule has 0 bridgehead atoms. The third-order valence-electron chi connectivity index (χ3n) is 3.04. The number of carboxylic acid groups (broad SMARTS) is 1. The first kappa shape index (κ1) is 14.4. The van der Waals surface area contributed by atoms with Gasteiger partial charge in [0.2, 0.25) is 10.0 Å². The van der Waals surface area contributed by atoms with E-state index in [9.17, 15) is 13.2 Å². The van der Waals surface area contributed by atoms with Crippen molar-refractivity contribution in [1.29, 1.82) is 0 Å². The average molecular weight is 264 g/mol. The Morgan fingerprint density at radius 3 is 2.71 bits per heavy atom. The largest absolute Gasteiger partial charge is 0.481 e. The van der Waals surface area contributed by atoms with Gasteiger partial charge in [0.15, 0.2) is 0 Å². The van der Waals surface area contributed by atoms with Gasteiger partial charge >= 0.3 is 5.97 Å². The molecule has 2 atom stereocenters. The van der Waals surface area contributed by atoms with Crippen LogP contribution < -0.4 is 5.73 Å². The second kappa shape index (κ2) is 5.79. The number of sulfonamides is 1. The van der Waals surface area contributed by atoms with Gasteiger partial charge in [-0.3, -0.25) is 4.79 Å². The van der Waals surface area contributed by atoms with Crippen molar-refractivity contribution in [3.63, 3.8) is 0 Å². The van der Waals surface area contributed by atoms with Crippen LogP contribution in [-0.4, -0.2) is 48.2 Å². The highest BCUT2D eigenvalue weighted by Crippen LogP contribution is 2.22. The zero-order chi connectivity index (χ0) is 13.1. The van der Waals surface area contributed by atoms with Gasteiger partial charge < -0.3 is 10.8 Å². The van der Waals surface area contributed by atoms with Crippen molar-refractivity contribution in [3.05, 3.63) is 0 Å². The molecule has 0 radical (unpaired) electrons. The Bertz CT molecular complexity index is 367. The topological polar surface area (TPSA) is 101 Å². The molecule has 0 saturated carbocycles. The summed E-state index contributed by atoms with van der Waals surface area (Å²) in [7, 11) is -3.50. The fraction of sp³-hybridized carbons (Fsp3) is 0.900. The highest BCUT2D eigenvalue weighted by Gasteiger charge is 2.34. The normalized spacial score (nSPS) is 24.5. The van der Waals surface area contributed by atoms with Crippen molar-refractivity contribution in [2.24, 2.45) is 5.73 Å². The molecular formula is C10H20N2O4S. The van der Waals surface area contributed by atoms with Crippen molar-refractivity contribution < 1.29 is 18.3 Å². The standard InChI is InChI=1S/C10H20N2O4S/c1-8(11)9-4-2-3-6-12(9)17(15,16)7-5-10(13)14/h8-9H,2-7,11H2,1H3,(H,13,14). The Morgan fingerprint density at radius 2 is 2.18 bits per heavy atom. The molecule has 0 amide bonds. The molecule has 1 saturated heterocycles. The van der Waals surface area contributed by atoms with Crippen molar-refractivity contribution >= 4 is 16.0 Å². The van der Waals surface area contributed by atoms with Gasteiger partial charge in [-0.05, 0) is 19.8 Å². The van der Waals surface area contributed by atoms with Gasteiger partial charge in [0.25, 0.3) is 0 Å². The zero-order valence-corrected chi connectivity index (χ0v) is 10.8. The molecule has 0 aromatic heterocycles. The Labute approximate surface area is 102 Å². The van der Waals surface area contributed by atoms with E-state index < -0.39 is 16.0 Å². The summed E-state index contributed by atoms with van der Waals surface area (Å²) in [6, 6.07) is -0.419. The predicted octanol–water partition coefficient (Wildman–Crippen LogP) is -0.00740. The lowest BCUT2D eigenvalue weighted by Crippen LogP contribution is -2.52. The maximum absolute atomic E-state index is 12.0. The van der Waals surface area contributed by atoms with E-state index in [0.717, 1.165) is 19.3 Å². The van der Waals surface area contributed by atoms with Crippen molar-refractivity contribution in [3.8, 4) is 0 Å². The minimum absolute atomic E-state index is 0.192. The van der Waals surface area contributed by atoms with Gasteiger partial charge in [0.05, 0.1) is 12.2 Å². The minimum Gasteiger partial charge on any atom is -0.481 e. The first-order valence-corrected chi connectivity index (χ1v) is 7.42. The Kier molecular flexibility index (Phi) is 4.91. The molecule has 1 aliphatic heterocycles. The quantitative estimate of drug-likeness (QED) is 0.727. The second-order valence-corrected chi connectivity index (χ2v) is 6.53. The fourth-order valence-electron chi connectivity index (χ4n) is 2.13. The highest BCUT2D eigenvalue weighted by atomic mass is 32.2. The first-order chi connectivity index (χ1) is 7.84. The number of rotatable bonds is 5. The fourth-order valence-corrected chi connectivity index (χ4v) is 3.92. The third kappa shape index (κ3) is 3.93. The van der Waals surface area contributed by atoms with E-state index in [4.69, 9.17) is 10.8 Å². The summed E-state index contributed by atoms with van der Waals surface area (Å²) in [4.78, 5) is 10.4. The Hall–Kier alpha value is -0.660. The molecular weight excluding hydrogens is 244 g/mol. The number of nitrogens with two attached hydrogens (primary N) is 1. The molecule has 17 heavy (non-hydrogen) atoms. The van der Waals surface area contributed by atoms with Crippen LogP contribution in [0.3, 0.4) is 0 Å². The van der Waals surface area contributed by atoms with Crippen LogP contribution in [0.4, 0.5) is 0 Å². The van der Waals surface area contributed by atoms with E-state index in [1.807, 2.05) is 0 Å². The van der Waals surface area contributed by atoms with Crippen LogP contribution >= 0.6 is 0 Å². The second-order valence-electron chi connectivity index (χ2n) is 4.49. The summed E-state index contributed by atoms with van der Waals surface area (Å²) < 4.78 is 25.4. The van der Waals surface area contributed by atoms with E-state index in [0.29, 0.717) is 6.54 Å². The van der Waals surface area contributed by atoms with Gasteiger partial charge in [-0.2, -0.15) is 4.31 Å². The van der Waals surface area contributed by atoms with Crippen LogP contribution in [0.5, 0.6) is 0 Å². The first-order valence-electron chi connectivity index (χ1n) is 5.81. The lowest BCUT2D eigenvalue weighted by atomic mass is 10.00. The molecule has 0 spiro atoms. The molecule has 1 fully saturated rings. The number of piperidine rings is 1. The summed E-state index contributed by atoms with van der Waals surface area (Å²) in [5, 5.41) is 8.54. The maximum atomic E-state index is 12.0. The summed E-state index contributed by atoms with van der Waals surface area (Å²) in [6.07, 6.45) is 2.18. The number of carbonyl (C=O) groups is 1. The molecule has 1 heterocycles. The molecule has 1 aliphatic rings. The SMILES string of the molecule is CC(N)C1CCCCN1S(=O)(=O)CCC(=O)O. The van der Waals surface area contributed by atoms with E-state index in [1.165, 1.54) is 4.31 Å². The Morgan fingerprint density at radius 1 is 1.53 bits per heavy atom. The van der Waals surface area contributed by atoms with E-state index in [2.05, 4.69) is 0 Å². The number of nitrogens with zero attached hydrogens (tertiary/aromatic N) is 1. The molecule has 0 aromatic rings. The van der Waals surface area contributed by atoms with Crippen molar-refractivity contribution in [2.75, 3.05) is 12.3 Å². The van der Waals surface area contributed by atoms with Crippen LogP contribution in [-0.2, 0) is 14.8 Å². The van der Waals surface area contributed by atoms with Crippen molar-refractivity contribution in [2.45, 2.75) is 44.7 Å². The lowest BCUT2D eigenvalue weighted by Gasteiger charge is -2.36. The van der Waals surface area contributed by atoms with E-state index in [-0.39, 0.29) is 24.3 Å². The summed E-state index contributed by atoms with van der Waals surface area (Å²) in [5.74, 6) is -1.44. The molecule has 2 unspecified atom stereocenters. The molecule has 0 aliphatic carbocycles. The highest BCUT2D eigenvalue weighted by molar-refractivity contribution is 7.89. The van der Waals surface area contributed by atoms with E-state index >= 15 is 0 Å². The molecule has 1 rings (SSSR count). The molecule has 100 valence electrons. The average Bonchev–Trinajstić information content (AvgIpc) is 2.26. The number of hydrogen-bond donors (Lipinski definition) is 2. The van der Waals surface area contributed by atoms with Crippen LogP contribution in [0.1, 0.15) is 32.6 Å². The van der Waals surface area contributed by atoms with E-state index in [1.54, 1.807) is 6.92 Å². The van der Waals surface area contributed by atoms with Gasteiger partial charge in [0, 0.05) is 18.6 Å². The van der Waals surface area contributed by atoms with Gasteiger partial charge in [-0.25, -0.2) is 8.42 Å². The minimum atomic E-state index is -3.50.